The predicted octanol–water partition coefficient (Wildman–Crippen LogP) is 6.02. The summed E-state index contributed by atoms with van der Waals surface area (Å²) in [5, 5.41) is 0. The summed E-state index contributed by atoms with van der Waals surface area (Å²) in [5.41, 5.74) is 2.98. The molecule has 1 aliphatic rings. The minimum Gasteiger partial charge on any atom is -0.301 e. The van der Waals surface area contributed by atoms with Gasteiger partial charge in [0.15, 0.2) is 0 Å². The third-order valence-corrected chi connectivity index (χ3v) is 4.39. The van der Waals surface area contributed by atoms with Gasteiger partial charge in [-0.2, -0.15) is 0 Å². The first-order valence-electron chi connectivity index (χ1n) is 9.43. The maximum absolute atomic E-state index is 2.61. The Hall–Kier alpha value is -1.34. The Morgan fingerprint density at radius 2 is 1.83 bits per heavy atom. The lowest BCUT2D eigenvalue weighted by Crippen LogP contribution is -2.35. The molecule has 1 unspecified atom stereocenters. The highest BCUT2D eigenvalue weighted by Gasteiger charge is 2.12. The van der Waals surface area contributed by atoms with E-state index < -0.39 is 0 Å². The van der Waals surface area contributed by atoms with Gasteiger partial charge in [0.1, 0.15) is 0 Å². The van der Waals surface area contributed by atoms with Crippen molar-refractivity contribution in [3.05, 3.63) is 59.7 Å². The Bertz CT molecular complexity index is 458. The van der Waals surface area contributed by atoms with E-state index >= 15 is 0 Å². The zero-order chi connectivity index (χ0) is 16.9. The Kier molecular flexibility index (Phi) is 10.4. The van der Waals surface area contributed by atoms with E-state index in [1.807, 2.05) is 13.8 Å². The average molecular weight is 314 g/mol. The van der Waals surface area contributed by atoms with Crippen LogP contribution in [0.3, 0.4) is 0 Å². The van der Waals surface area contributed by atoms with E-state index in [1.54, 1.807) is 0 Å². The molecule has 0 saturated heterocycles. The summed E-state index contributed by atoms with van der Waals surface area (Å²) in [6.45, 7) is 11.0. The lowest BCUT2D eigenvalue weighted by Gasteiger charge is -2.28. The van der Waals surface area contributed by atoms with Gasteiger partial charge in [0.05, 0.1) is 0 Å². The van der Waals surface area contributed by atoms with Crippen molar-refractivity contribution >= 4 is 0 Å². The van der Waals surface area contributed by atoms with Crippen LogP contribution in [0.15, 0.2) is 54.1 Å². The normalized spacial score (nSPS) is 14.9. The molecule has 1 nitrogen and oxygen atoms in total. The first-order chi connectivity index (χ1) is 11.3. The number of hydrogen-bond donors (Lipinski definition) is 0. The number of nitrogens with zero attached hydrogens (tertiary/aromatic N) is 1. The molecule has 1 aliphatic carbocycles. The number of hydrogen-bond acceptors (Lipinski definition) is 1. The van der Waals surface area contributed by atoms with Crippen LogP contribution in [-0.2, 0) is 6.42 Å². The van der Waals surface area contributed by atoms with Gasteiger partial charge in [-0.3, -0.25) is 0 Å². The van der Waals surface area contributed by atoms with E-state index in [0.29, 0.717) is 6.04 Å². The molecular formula is C22H35N. The van der Waals surface area contributed by atoms with Crippen molar-refractivity contribution in [2.45, 2.75) is 65.8 Å². The summed E-state index contributed by atoms with van der Waals surface area (Å²) in [6.07, 6.45) is 13.1. The lowest BCUT2D eigenvalue weighted by atomic mass is 10.0. The van der Waals surface area contributed by atoms with Crippen molar-refractivity contribution in [1.29, 1.82) is 0 Å². The number of allylic oxidation sites excluding steroid dienone is 4. The molecule has 0 radical (unpaired) electrons. The summed E-state index contributed by atoms with van der Waals surface area (Å²) >= 11 is 0. The van der Waals surface area contributed by atoms with Crippen LogP contribution in [0.5, 0.6) is 0 Å². The maximum Gasteiger partial charge on any atom is 0.0107 e. The van der Waals surface area contributed by atoms with Crippen molar-refractivity contribution in [2.24, 2.45) is 0 Å². The average Bonchev–Trinajstić information content (AvgIpc) is 2.62. The molecule has 0 aliphatic heterocycles. The summed E-state index contributed by atoms with van der Waals surface area (Å²) in [6, 6.07) is 11.5. The summed E-state index contributed by atoms with van der Waals surface area (Å²) in [5.74, 6) is 0. The lowest BCUT2D eigenvalue weighted by molar-refractivity contribution is 0.216. The fourth-order valence-electron chi connectivity index (χ4n) is 3.11. The van der Waals surface area contributed by atoms with Crippen LogP contribution in [0.4, 0.5) is 0 Å². The van der Waals surface area contributed by atoms with Crippen molar-refractivity contribution in [3.8, 4) is 0 Å². The van der Waals surface area contributed by atoms with Crippen molar-refractivity contribution in [3.63, 3.8) is 0 Å². The molecule has 0 bridgehead atoms. The van der Waals surface area contributed by atoms with Crippen LogP contribution in [0.2, 0.25) is 0 Å². The highest BCUT2D eigenvalue weighted by Crippen LogP contribution is 2.16. The monoisotopic (exact) mass is 313 g/mol. The van der Waals surface area contributed by atoms with Gasteiger partial charge < -0.3 is 4.90 Å². The van der Waals surface area contributed by atoms with Crippen LogP contribution in [0.1, 0.15) is 58.9 Å². The summed E-state index contributed by atoms with van der Waals surface area (Å²) in [4.78, 5) is 2.61. The second-order valence-electron chi connectivity index (χ2n) is 6.03. The second-order valence-corrected chi connectivity index (χ2v) is 6.03. The van der Waals surface area contributed by atoms with E-state index in [1.165, 1.54) is 43.4 Å². The zero-order valence-electron chi connectivity index (χ0n) is 15.6. The Morgan fingerprint density at radius 3 is 2.43 bits per heavy atom. The fraction of sp³-hybridized carbons (Fsp3) is 0.545. The first kappa shape index (κ1) is 19.7. The van der Waals surface area contributed by atoms with E-state index in [9.17, 15) is 0 Å². The van der Waals surface area contributed by atoms with Gasteiger partial charge in [0.2, 0.25) is 0 Å². The van der Waals surface area contributed by atoms with Crippen LogP contribution >= 0.6 is 0 Å². The minimum atomic E-state index is 0.619. The second kappa shape index (κ2) is 12.1. The molecule has 0 spiro atoms. The van der Waals surface area contributed by atoms with Crippen molar-refractivity contribution in [2.75, 3.05) is 13.1 Å². The third-order valence-electron chi connectivity index (χ3n) is 4.39. The molecule has 1 aromatic carbocycles. The summed E-state index contributed by atoms with van der Waals surface area (Å²) < 4.78 is 0. The first-order valence-corrected chi connectivity index (χ1v) is 9.43. The highest BCUT2D eigenvalue weighted by atomic mass is 15.1. The van der Waals surface area contributed by atoms with Gasteiger partial charge in [-0.25, -0.2) is 0 Å². The molecular weight excluding hydrogens is 278 g/mol. The number of likely N-dealkylation sites (N-methyl/N-ethyl adjacent to an activating group) is 1. The fourth-order valence-corrected chi connectivity index (χ4v) is 3.11. The molecule has 0 N–H and O–H groups in total. The van der Waals surface area contributed by atoms with Crippen LogP contribution in [0.25, 0.3) is 0 Å². The predicted molar refractivity (Wildman–Crippen MR) is 104 cm³/mol. The number of benzene rings is 1. The van der Waals surface area contributed by atoms with Gasteiger partial charge in [-0.1, -0.05) is 74.9 Å². The Morgan fingerprint density at radius 1 is 1.09 bits per heavy atom. The quantitative estimate of drug-likeness (QED) is 0.567. The molecule has 0 fully saturated rings. The number of rotatable bonds is 8. The van der Waals surface area contributed by atoms with Crippen LogP contribution in [0, 0.1) is 0 Å². The topological polar surface area (TPSA) is 3.24 Å². The summed E-state index contributed by atoms with van der Waals surface area (Å²) in [7, 11) is 0. The molecule has 0 heterocycles. The van der Waals surface area contributed by atoms with Crippen molar-refractivity contribution in [1.82, 2.24) is 4.90 Å². The van der Waals surface area contributed by atoms with Crippen molar-refractivity contribution < 1.29 is 0 Å². The largest absolute Gasteiger partial charge is 0.301 e. The smallest absolute Gasteiger partial charge is 0.0107 e. The molecule has 128 valence electrons. The molecule has 1 aromatic rings. The standard InChI is InChI=1S/C20H29N.C2H6/c1-3-21(16-10-15-19-11-6-4-7-12-19)18(2)17-20-13-8-5-9-14-20;1-2/h5-6,8-9,11-14,18H,3-4,7,10,15-17H2,1-2H3;1-2H3. The van der Waals surface area contributed by atoms with Gasteiger partial charge in [0.25, 0.3) is 0 Å². The molecule has 0 amide bonds. The Labute approximate surface area is 144 Å². The molecule has 2 rings (SSSR count). The molecule has 23 heavy (non-hydrogen) atoms. The van der Waals surface area contributed by atoms with Crippen LogP contribution < -0.4 is 0 Å². The van der Waals surface area contributed by atoms with Gasteiger partial charge in [-0.05, 0) is 57.7 Å². The van der Waals surface area contributed by atoms with E-state index in [2.05, 4.69) is 67.3 Å². The zero-order valence-corrected chi connectivity index (χ0v) is 15.6. The van der Waals surface area contributed by atoms with Gasteiger partial charge in [-0.15, -0.1) is 0 Å². The third kappa shape index (κ3) is 7.65. The minimum absolute atomic E-state index is 0.619. The van der Waals surface area contributed by atoms with Crippen LogP contribution in [-0.4, -0.2) is 24.0 Å². The highest BCUT2D eigenvalue weighted by molar-refractivity contribution is 5.21. The Balaban J connectivity index is 0.00000127. The SMILES string of the molecule is CC.CCN(CCCC1=CCCC=C1)C(C)Cc1ccccc1. The molecule has 1 heteroatoms. The van der Waals surface area contributed by atoms with E-state index in [0.717, 1.165) is 13.0 Å². The van der Waals surface area contributed by atoms with E-state index in [4.69, 9.17) is 0 Å². The van der Waals surface area contributed by atoms with E-state index in [-0.39, 0.29) is 0 Å². The molecule has 1 atom stereocenters. The molecule has 0 saturated carbocycles. The molecule has 0 aromatic heterocycles. The maximum atomic E-state index is 2.61. The van der Waals surface area contributed by atoms with Gasteiger partial charge >= 0.3 is 0 Å². The van der Waals surface area contributed by atoms with Gasteiger partial charge in [0, 0.05) is 6.04 Å².